The summed E-state index contributed by atoms with van der Waals surface area (Å²) in [6, 6.07) is 6.26. The molecule has 0 bridgehead atoms. The zero-order valence-electron chi connectivity index (χ0n) is 13.5. The second-order valence-electron chi connectivity index (χ2n) is 6.84. The number of carboxylic acids is 1. The molecule has 3 rings (SSSR count). The van der Waals surface area contributed by atoms with Crippen LogP contribution in [0, 0.1) is 17.8 Å². The molecule has 0 aromatic heterocycles. The minimum Gasteiger partial charge on any atom is -0.481 e. The molecule has 1 saturated heterocycles. The van der Waals surface area contributed by atoms with Gasteiger partial charge in [0.05, 0.1) is 17.2 Å². The smallest absolute Gasteiger partial charge is 0.308 e. The van der Waals surface area contributed by atoms with Gasteiger partial charge >= 0.3 is 5.97 Å². The maximum absolute atomic E-state index is 12.5. The van der Waals surface area contributed by atoms with Gasteiger partial charge in [0.15, 0.2) is 9.84 Å². The summed E-state index contributed by atoms with van der Waals surface area (Å²) in [4.78, 5) is 25.7. The van der Waals surface area contributed by atoms with E-state index < -0.39 is 21.7 Å². The van der Waals surface area contributed by atoms with Crippen LogP contribution in [0.15, 0.2) is 29.2 Å². The Morgan fingerprint density at radius 1 is 1.17 bits per heavy atom. The third-order valence-electron chi connectivity index (χ3n) is 4.97. The summed E-state index contributed by atoms with van der Waals surface area (Å²) in [6.07, 6.45) is 3.42. The predicted molar refractivity (Wildman–Crippen MR) is 87.2 cm³/mol. The zero-order chi connectivity index (χ0) is 17.5. The summed E-state index contributed by atoms with van der Waals surface area (Å²) < 4.78 is 22.9. The maximum atomic E-state index is 12.5. The van der Waals surface area contributed by atoms with Crippen LogP contribution in [-0.4, -0.2) is 49.6 Å². The lowest BCUT2D eigenvalue weighted by Gasteiger charge is -2.16. The van der Waals surface area contributed by atoms with Crippen molar-refractivity contribution in [2.45, 2.75) is 24.2 Å². The Labute approximate surface area is 141 Å². The molecule has 0 unspecified atom stereocenters. The SMILES string of the molecule is CS(=O)(=O)c1ccc(CC(=O)N2C[C@@H](C(=O)O)[C@H](C3CC3)C2)cc1. The minimum atomic E-state index is -3.25. The number of hydrogen-bond acceptors (Lipinski definition) is 4. The molecule has 2 fully saturated rings. The highest BCUT2D eigenvalue weighted by Crippen LogP contribution is 2.44. The molecular weight excluding hydrogens is 330 g/mol. The van der Waals surface area contributed by atoms with Crippen molar-refractivity contribution in [3.8, 4) is 0 Å². The van der Waals surface area contributed by atoms with Crippen LogP contribution in [0.4, 0.5) is 0 Å². The lowest BCUT2D eigenvalue weighted by atomic mass is 9.92. The quantitative estimate of drug-likeness (QED) is 0.861. The number of rotatable bonds is 5. The lowest BCUT2D eigenvalue weighted by molar-refractivity contribution is -0.142. The second-order valence-corrected chi connectivity index (χ2v) is 8.85. The summed E-state index contributed by atoms with van der Waals surface area (Å²) in [7, 11) is -3.25. The van der Waals surface area contributed by atoms with Crippen LogP contribution in [0.1, 0.15) is 18.4 Å². The fourth-order valence-corrected chi connectivity index (χ4v) is 4.07. The van der Waals surface area contributed by atoms with Gasteiger partial charge in [0, 0.05) is 19.3 Å². The van der Waals surface area contributed by atoms with Crippen LogP contribution in [0.25, 0.3) is 0 Å². The van der Waals surface area contributed by atoms with E-state index in [0.29, 0.717) is 12.5 Å². The van der Waals surface area contributed by atoms with E-state index in [9.17, 15) is 23.1 Å². The first-order chi connectivity index (χ1) is 11.3. The van der Waals surface area contributed by atoms with Crippen LogP contribution in [-0.2, 0) is 25.8 Å². The summed E-state index contributed by atoms with van der Waals surface area (Å²) >= 11 is 0. The van der Waals surface area contributed by atoms with Crippen molar-refractivity contribution in [2.75, 3.05) is 19.3 Å². The first-order valence-electron chi connectivity index (χ1n) is 8.05. The Balaban J connectivity index is 1.66. The minimum absolute atomic E-state index is 0.0686. The molecule has 1 aliphatic heterocycles. The highest BCUT2D eigenvalue weighted by atomic mass is 32.2. The van der Waals surface area contributed by atoms with Gasteiger partial charge in [-0.2, -0.15) is 0 Å². The summed E-state index contributed by atoms with van der Waals surface area (Å²) in [6.45, 7) is 0.790. The second kappa shape index (κ2) is 6.20. The fourth-order valence-electron chi connectivity index (χ4n) is 3.44. The van der Waals surface area contributed by atoms with Crippen molar-refractivity contribution in [1.29, 1.82) is 0 Å². The molecule has 7 heteroatoms. The van der Waals surface area contributed by atoms with Gasteiger partial charge in [0.2, 0.25) is 5.91 Å². The summed E-state index contributed by atoms with van der Waals surface area (Å²) in [5, 5.41) is 9.36. The molecule has 1 aromatic rings. The van der Waals surface area contributed by atoms with E-state index in [1.807, 2.05) is 0 Å². The van der Waals surface area contributed by atoms with Crippen LogP contribution in [0.3, 0.4) is 0 Å². The Bertz CT molecular complexity index is 752. The standard InChI is InChI=1S/C17H21NO5S/c1-24(22,23)13-6-2-11(3-7-13)8-16(19)18-9-14(12-4-5-12)15(10-18)17(20)21/h2-3,6-7,12,14-15H,4-5,8-10H2,1H3,(H,20,21)/t14-,15+/m0/s1. The Kier molecular flexibility index (Phi) is 4.38. The normalized spacial score (nSPS) is 24.1. The molecule has 24 heavy (non-hydrogen) atoms. The predicted octanol–water partition coefficient (Wildman–Crippen LogP) is 1.20. The number of carbonyl (C=O) groups is 2. The van der Waals surface area contributed by atoms with E-state index in [-0.39, 0.29) is 29.7 Å². The molecule has 1 saturated carbocycles. The third kappa shape index (κ3) is 3.61. The van der Waals surface area contributed by atoms with Gasteiger partial charge in [-0.15, -0.1) is 0 Å². The van der Waals surface area contributed by atoms with Crippen LogP contribution in [0.5, 0.6) is 0 Å². The van der Waals surface area contributed by atoms with Crippen molar-refractivity contribution >= 4 is 21.7 Å². The molecule has 2 aliphatic rings. The van der Waals surface area contributed by atoms with Gasteiger partial charge in [-0.3, -0.25) is 9.59 Å². The molecule has 1 heterocycles. The Morgan fingerprint density at radius 3 is 2.29 bits per heavy atom. The number of sulfone groups is 1. The third-order valence-corrected chi connectivity index (χ3v) is 6.10. The van der Waals surface area contributed by atoms with Crippen molar-refractivity contribution in [1.82, 2.24) is 4.90 Å². The van der Waals surface area contributed by atoms with Crippen molar-refractivity contribution in [3.63, 3.8) is 0 Å². The van der Waals surface area contributed by atoms with Gasteiger partial charge in [-0.1, -0.05) is 12.1 Å². The van der Waals surface area contributed by atoms with Crippen LogP contribution >= 0.6 is 0 Å². The first kappa shape index (κ1) is 17.0. The van der Waals surface area contributed by atoms with Crippen molar-refractivity contribution < 1.29 is 23.1 Å². The van der Waals surface area contributed by atoms with E-state index in [1.165, 1.54) is 12.1 Å². The topological polar surface area (TPSA) is 91.8 Å². The number of carboxylic acid groups (broad SMARTS) is 1. The maximum Gasteiger partial charge on any atom is 0.308 e. The van der Waals surface area contributed by atoms with E-state index in [1.54, 1.807) is 17.0 Å². The van der Waals surface area contributed by atoms with Gasteiger partial charge < -0.3 is 10.0 Å². The fraction of sp³-hybridized carbons (Fsp3) is 0.529. The molecule has 1 aliphatic carbocycles. The van der Waals surface area contributed by atoms with E-state index in [0.717, 1.165) is 24.7 Å². The highest BCUT2D eigenvalue weighted by molar-refractivity contribution is 7.90. The summed E-state index contributed by atoms with van der Waals surface area (Å²) in [5.41, 5.74) is 0.731. The molecular formula is C17H21NO5S. The molecule has 130 valence electrons. The first-order valence-corrected chi connectivity index (χ1v) is 9.94. The molecule has 6 nitrogen and oxygen atoms in total. The van der Waals surface area contributed by atoms with Gasteiger partial charge in [0.25, 0.3) is 0 Å². The molecule has 1 aromatic carbocycles. The van der Waals surface area contributed by atoms with Gasteiger partial charge in [-0.25, -0.2) is 8.42 Å². The molecule has 0 radical (unpaired) electrons. The number of aliphatic carboxylic acids is 1. The molecule has 2 atom stereocenters. The van der Waals surface area contributed by atoms with E-state index >= 15 is 0 Å². The highest BCUT2D eigenvalue weighted by Gasteiger charge is 2.46. The van der Waals surface area contributed by atoms with E-state index in [2.05, 4.69) is 0 Å². The largest absolute Gasteiger partial charge is 0.481 e. The number of benzene rings is 1. The monoisotopic (exact) mass is 351 g/mol. The lowest BCUT2D eigenvalue weighted by Crippen LogP contribution is -2.31. The van der Waals surface area contributed by atoms with Gasteiger partial charge in [0.1, 0.15) is 0 Å². The van der Waals surface area contributed by atoms with E-state index in [4.69, 9.17) is 0 Å². The average molecular weight is 351 g/mol. The van der Waals surface area contributed by atoms with Crippen LogP contribution in [0.2, 0.25) is 0 Å². The van der Waals surface area contributed by atoms with Crippen LogP contribution < -0.4 is 0 Å². The number of carbonyl (C=O) groups excluding carboxylic acids is 1. The molecule has 1 amide bonds. The van der Waals surface area contributed by atoms with Crippen molar-refractivity contribution in [3.05, 3.63) is 29.8 Å². The zero-order valence-corrected chi connectivity index (χ0v) is 14.3. The number of nitrogens with zero attached hydrogens (tertiary/aromatic N) is 1. The molecule has 0 spiro atoms. The number of hydrogen-bond donors (Lipinski definition) is 1. The summed E-state index contributed by atoms with van der Waals surface area (Å²) in [5.74, 6) is -0.873. The van der Waals surface area contributed by atoms with Crippen molar-refractivity contribution in [2.24, 2.45) is 17.8 Å². The average Bonchev–Trinajstić information content (AvgIpc) is 3.24. The van der Waals surface area contributed by atoms with Gasteiger partial charge in [-0.05, 0) is 42.4 Å². The Hall–Kier alpha value is -1.89. The Morgan fingerprint density at radius 2 is 1.79 bits per heavy atom. The molecule has 1 N–H and O–H groups in total. The number of likely N-dealkylation sites (tertiary alicyclic amines) is 1. The number of amides is 1.